The average molecular weight is 304 g/mol. The number of ether oxygens (including phenoxy) is 1. The van der Waals surface area contributed by atoms with Crippen molar-refractivity contribution < 1.29 is 26.7 Å². The maximum atomic E-state index is 13.4. The van der Waals surface area contributed by atoms with E-state index in [-0.39, 0.29) is 6.61 Å². The lowest BCUT2D eigenvalue weighted by molar-refractivity contribution is 0.253. The molecule has 0 aliphatic carbocycles. The van der Waals surface area contributed by atoms with Crippen LogP contribution in [0, 0.1) is 29.1 Å². The Morgan fingerprint density at radius 1 is 1.00 bits per heavy atom. The average Bonchev–Trinajstić information content (AvgIpc) is 2.51. The molecule has 0 atom stereocenters. The van der Waals surface area contributed by atoms with Gasteiger partial charge in [-0.05, 0) is 17.7 Å². The monoisotopic (exact) mass is 304 g/mol. The second-order valence-electron chi connectivity index (χ2n) is 3.99. The minimum absolute atomic E-state index is 0.379. The molecule has 112 valence electrons. The molecule has 0 aliphatic rings. The summed E-state index contributed by atoms with van der Waals surface area (Å²) in [5, 5.41) is 2.73. The van der Waals surface area contributed by atoms with Gasteiger partial charge in [0.2, 0.25) is 29.1 Å². The highest BCUT2D eigenvalue weighted by molar-refractivity contribution is 5.37. The molecule has 3 nitrogen and oxygen atoms in total. The maximum absolute atomic E-state index is 13.4. The van der Waals surface area contributed by atoms with Crippen molar-refractivity contribution in [1.82, 2.24) is 4.98 Å². The number of rotatable bonds is 4. The maximum Gasteiger partial charge on any atom is 0.207 e. The van der Waals surface area contributed by atoms with Gasteiger partial charge in [-0.1, -0.05) is 0 Å². The molecule has 0 aliphatic heterocycles. The number of pyridine rings is 1. The largest absolute Gasteiger partial charge is 0.483 e. The highest BCUT2D eigenvalue weighted by Gasteiger charge is 2.26. The van der Waals surface area contributed by atoms with E-state index in [0.717, 1.165) is 0 Å². The predicted molar refractivity (Wildman–Crippen MR) is 64.3 cm³/mol. The van der Waals surface area contributed by atoms with E-state index < -0.39 is 34.8 Å². The lowest BCUT2D eigenvalue weighted by Gasteiger charge is -2.10. The molecule has 1 aromatic heterocycles. The summed E-state index contributed by atoms with van der Waals surface area (Å²) in [5.41, 5.74) is 0.443. The molecule has 0 unspecified atom stereocenters. The molecule has 0 fully saturated rings. The van der Waals surface area contributed by atoms with Gasteiger partial charge < -0.3 is 10.1 Å². The van der Waals surface area contributed by atoms with Gasteiger partial charge in [-0.3, -0.25) is 0 Å². The van der Waals surface area contributed by atoms with Crippen LogP contribution in [0.5, 0.6) is 5.75 Å². The van der Waals surface area contributed by atoms with E-state index >= 15 is 0 Å². The number of anilines is 1. The molecule has 1 N–H and O–H groups in total. The number of hydrogen-bond donors (Lipinski definition) is 1. The van der Waals surface area contributed by atoms with E-state index in [4.69, 9.17) is 4.74 Å². The summed E-state index contributed by atoms with van der Waals surface area (Å²) in [6.07, 6.45) is 1.41. The normalized spacial score (nSPS) is 10.6. The minimum atomic E-state index is -2.22. The fourth-order valence-electron chi connectivity index (χ4n) is 1.57. The third-order valence-corrected chi connectivity index (χ3v) is 2.63. The first-order valence-electron chi connectivity index (χ1n) is 5.72. The van der Waals surface area contributed by atoms with Crippen LogP contribution in [-0.4, -0.2) is 12.0 Å². The van der Waals surface area contributed by atoms with Crippen molar-refractivity contribution in [3.63, 3.8) is 0 Å². The molecular formula is C13H9F5N2O. The van der Waals surface area contributed by atoms with Crippen LogP contribution < -0.4 is 10.1 Å². The quantitative estimate of drug-likeness (QED) is 0.534. The highest BCUT2D eigenvalue weighted by atomic mass is 19.2. The van der Waals surface area contributed by atoms with E-state index in [9.17, 15) is 22.0 Å². The molecule has 1 aromatic carbocycles. The van der Waals surface area contributed by atoms with E-state index in [1.165, 1.54) is 18.3 Å². The molecule has 2 aromatic rings. The Balaban J connectivity index is 2.28. The first-order chi connectivity index (χ1) is 9.95. The first-order valence-corrected chi connectivity index (χ1v) is 5.72. The molecular weight excluding hydrogens is 295 g/mol. The van der Waals surface area contributed by atoms with Gasteiger partial charge in [0.25, 0.3) is 0 Å². The zero-order valence-electron chi connectivity index (χ0n) is 10.7. The minimum Gasteiger partial charge on any atom is -0.483 e. The second-order valence-corrected chi connectivity index (χ2v) is 3.99. The number of aromatic nitrogens is 1. The zero-order valence-corrected chi connectivity index (χ0v) is 10.7. The third kappa shape index (κ3) is 2.88. The Labute approximate surface area is 116 Å². The second kappa shape index (κ2) is 5.94. The fourth-order valence-corrected chi connectivity index (χ4v) is 1.57. The summed E-state index contributed by atoms with van der Waals surface area (Å²) in [5.74, 6) is -11.2. The number of halogens is 5. The van der Waals surface area contributed by atoms with Crippen LogP contribution in [0.15, 0.2) is 18.3 Å². The standard InChI is InChI=1S/C13H9F5N2O/c1-19-7-4-6(2-3-20-7)5-21-13-11(17)9(15)8(14)10(16)12(13)18/h2-4H,5H2,1H3,(H,19,20). The van der Waals surface area contributed by atoms with Crippen molar-refractivity contribution in [3.8, 4) is 5.75 Å². The van der Waals surface area contributed by atoms with Crippen LogP contribution in [0.25, 0.3) is 0 Å². The van der Waals surface area contributed by atoms with Gasteiger partial charge in [-0.15, -0.1) is 0 Å². The van der Waals surface area contributed by atoms with Crippen molar-refractivity contribution in [1.29, 1.82) is 0 Å². The summed E-state index contributed by atoms with van der Waals surface area (Å²) < 4.78 is 70.3. The van der Waals surface area contributed by atoms with Crippen molar-refractivity contribution >= 4 is 5.82 Å². The predicted octanol–water partition coefficient (Wildman–Crippen LogP) is 3.40. The molecule has 0 saturated carbocycles. The van der Waals surface area contributed by atoms with Crippen LogP contribution in [0.4, 0.5) is 27.8 Å². The van der Waals surface area contributed by atoms with Gasteiger partial charge in [0, 0.05) is 13.2 Å². The Morgan fingerprint density at radius 2 is 1.57 bits per heavy atom. The molecule has 1 heterocycles. The van der Waals surface area contributed by atoms with Gasteiger partial charge in [0.05, 0.1) is 0 Å². The lowest BCUT2D eigenvalue weighted by atomic mass is 10.2. The summed E-state index contributed by atoms with van der Waals surface area (Å²) in [6, 6.07) is 2.99. The number of hydrogen-bond acceptors (Lipinski definition) is 3. The van der Waals surface area contributed by atoms with E-state index in [1.54, 1.807) is 7.05 Å². The topological polar surface area (TPSA) is 34.1 Å². The van der Waals surface area contributed by atoms with Crippen molar-refractivity contribution in [2.75, 3.05) is 12.4 Å². The molecule has 0 saturated heterocycles. The van der Waals surface area contributed by atoms with Gasteiger partial charge in [-0.2, -0.15) is 8.78 Å². The SMILES string of the molecule is CNc1cc(COc2c(F)c(F)c(F)c(F)c2F)ccn1. The van der Waals surface area contributed by atoms with Crippen molar-refractivity contribution in [2.24, 2.45) is 0 Å². The Bertz CT molecular complexity index is 649. The smallest absolute Gasteiger partial charge is 0.207 e. The van der Waals surface area contributed by atoms with Crippen LogP contribution in [0.2, 0.25) is 0 Å². The van der Waals surface area contributed by atoms with Crippen LogP contribution in [0.3, 0.4) is 0 Å². The van der Waals surface area contributed by atoms with E-state index in [1.807, 2.05) is 0 Å². The van der Waals surface area contributed by atoms with E-state index in [2.05, 4.69) is 10.3 Å². The number of benzene rings is 1. The fraction of sp³-hybridized carbons (Fsp3) is 0.154. The Hall–Kier alpha value is -2.38. The van der Waals surface area contributed by atoms with Gasteiger partial charge >= 0.3 is 0 Å². The van der Waals surface area contributed by atoms with Crippen LogP contribution in [0.1, 0.15) is 5.56 Å². The van der Waals surface area contributed by atoms with Gasteiger partial charge in [-0.25, -0.2) is 18.2 Å². The summed E-state index contributed by atoms with van der Waals surface area (Å²) >= 11 is 0. The molecule has 0 amide bonds. The molecule has 0 bridgehead atoms. The zero-order chi connectivity index (χ0) is 15.6. The van der Waals surface area contributed by atoms with Crippen LogP contribution >= 0.6 is 0 Å². The van der Waals surface area contributed by atoms with E-state index in [0.29, 0.717) is 11.4 Å². The van der Waals surface area contributed by atoms with Crippen LogP contribution in [-0.2, 0) is 6.61 Å². The van der Waals surface area contributed by atoms with Gasteiger partial charge in [0.1, 0.15) is 12.4 Å². The Morgan fingerprint density at radius 3 is 2.14 bits per heavy atom. The first kappa shape index (κ1) is 15.0. The number of nitrogens with zero attached hydrogens (tertiary/aromatic N) is 1. The molecule has 2 rings (SSSR count). The highest BCUT2D eigenvalue weighted by Crippen LogP contribution is 2.29. The molecule has 0 spiro atoms. The third-order valence-electron chi connectivity index (χ3n) is 2.63. The molecule has 0 radical (unpaired) electrons. The number of nitrogens with one attached hydrogen (secondary N) is 1. The molecule has 8 heteroatoms. The van der Waals surface area contributed by atoms with Gasteiger partial charge in [0.15, 0.2) is 5.75 Å². The van der Waals surface area contributed by atoms with Crippen molar-refractivity contribution in [2.45, 2.75) is 6.61 Å². The van der Waals surface area contributed by atoms with Crippen molar-refractivity contribution in [3.05, 3.63) is 53.0 Å². The summed E-state index contributed by atoms with van der Waals surface area (Å²) in [7, 11) is 1.61. The summed E-state index contributed by atoms with van der Waals surface area (Å²) in [4.78, 5) is 3.90. The molecule has 21 heavy (non-hydrogen) atoms. The summed E-state index contributed by atoms with van der Waals surface area (Å²) in [6.45, 7) is -0.379. The Kier molecular flexibility index (Phi) is 4.25. The lowest BCUT2D eigenvalue weighted by Crippen LogP contribution is -2.07.